The molecular formula is C13H12Cl2N2O. The smallest absolute Gasteiger partial charge is 0.102 e. The van der Waals surface area contributed by atoms with Gasteiger partial charge in [-0.3, -0.25) is 9.97 Å². The fourth-order valence-electron chi connectivity index (χ4n) is 1.57. The SMILES string of the molecule is Cc1cnc(C(O)Cc2ccc(Cl)cc2Cl)cn1. The van der Waals surface area contributed by atoms with Gasteiger partial charge in [-0.2, -0.15) is 0 Å². The summed E-state index contributed by atoms with van der Waals surface area (Å²) in [5.74, 6) is 0. The van der Waals surface area contributed by atoms with Crippen molar-refractivity contribution in [2.45, 2.75) is 19.4 Å². The second-order valence-corrected chi connectivity index (χ2v) is 4.88. The number of hydrogen-bond acceptors (Lipinski definition) is 3. The summed E-state index contributed by atoms with van der Waals surface area (Å²) in [6.45, 7) is 1.85. The van der Waals surface area contributed by atoms with Crippen molar-refractivity contribution >= 4 is 23.2 Å². The van der Waals surface area contributed by atoms with Gasteiger partial charge in [0.1, 0.15) is 6.10 Å². The van der Waals surface area contributed by atoms with Gasteiger partial charge in [-0.05, 0) is 24.6 Å². The van der Waals surface area contributed by atoms with Crippen LogP contribution in [-0.4, -0.2) is 15.1 Å². The van der Waals surface area contributed by atoms with Crippen LogP contribution in [0.4, 0.5) is 0 Å². The number of halogens is 2. The van der Waals surface area contributed by atoms with E-state index in [1.54, 1.807) is 30.6 Å². The van der Waals surface area contributed by atoms with E-state index in [-0.39, 0.29) is 0 Å². The van der Waals surface area contributed by atoms with Gasteiger partial charge in [-0.25, -0.2) is 0 Å². The summed E-state index contributed by atoms with van der Waals surface area (Å²) in [6.07, 6.45) is 2.86. The Morgan fingerprint density at radius 2 is 2.00 bits per heavy atom. The van der Waals surface area contributed by atoms with E-state index in [0.717, 1.165) is 11.3 Å². The first-order valence-corrected chi connectivity index (χ1v) is 6.22. The first-order chi connectivity index (χ1) is 8.56. The van der Waals surface area contributed by atoms with Gasteiger partial charge >= 0.3 is 0 Å². The molecule has 2 aromatic rings. The second kappa shape index (κ2) is 5.65. The zero-order chi connectivity index (χ0) is 13.1. The molecule has 1 unspecified atom stereocenters. The number of aromatic nitrogens is 2. The first-order valence-electron chi connectivity index (χ1n) is 5.47. The Balaban J connectivity index is 2.15. The molecule has 1 aromatic heterocycles. The van der Waals surface area contributed by atoms with Crippen molar-refractivity contribution in [3.05, 3.63) is 57.6 Å². The van der Waals surface area contributed by atoms with E-state index in [1.807, 2.05) is 6.92 Å². The molecule has 0 aliphatic rings. The fraction of sp³-hybridized carbons (Fsp3) is 0.231. The van der Waals surface area contributed by atoms with Gasteiger partial charge in [0.2, 0.25) is 0 Å². The van der Waals surface area contributed by atoms with E-state index >= 15 is 0 Å². The molecule has 0 saturated carbocycles. The Bertz CT molecular complexity index is 543. The number of rotatable bonds is 3. The normalized spacial score (nSPS) is 12.4. The molecule has 1 aromatic carbocycles. The van der Waals surface area contributed by atoms with E-state index in [1.165, 1.54) is 0 Å². The molecule has 2 rings (SSSR count). The van der Waals surface area contributed by atoms with Crippen LogP contribution in [0.5, 0.6) is 0 Å². The molecule has 1 heterocycles. The third-order valence-corrected chi connectivity index (χ3v) is 3.16. The van der Waals surface area contributed by atoms with Crippen LogP contribution < -0.4 is 0 Å². The maximum Gasteiger partial charge on any atom is 0.102 e. The molecule has 3 nitrogen and oxygen atoms in total. The highest BCUT2D eigenvalue weighted by atomic mass is 35.5. The molecule has 0 aliphatic carbocycles. The van der Waals surface area contributed by atoms with Crippen molar-refractivity contribution in [1.82, 2.24) is 9.97 Å². The van der Waals surface area contributed by atoms with Crippen LogP contribution >= 0.6 is 23.2 Å². The summed E-state index contributed by atoms with van der Waals surface area (Å²) in [7, 11) is 0. The number of hydrogen-bond donors (Lipinski definition) is 1. The maximum atomic E-state index is 10.1. The monoisotopic (exact) mass is 282 g/mol. The summed E-state index contributed by atoms with van der Waals surface area (Å²) in [5.41, 5.74) is 2.18. The minimum absolute atomic E-state index is 0.383. The Hall–Kier alpha value is -1.16. The van der Waals surface area contributed by atoms with Crippen LogP contribution in [0.2, 0.25) is 10.0 Å². The molecule has 18 heavy (non-hydrogen) atoms. The second-order valence-electron chi connectivity index (χ2n) is 4.04. The van der Waals surface area contributed by atoms with Crippen LogP contribution in [0.15, 0.2) is 30.6 Å². The summed E-state index contributed by atoms with van der Waals surface area (Å²) < 4.78 is 0. The topological polar surface area (TPSA) is 46.0 Å². The lowest BCUT2D eigenvalue weighted by atomic mass is 10.1. The number of aliphatic hydroxyl groups excluding tert-OH is 1. The summed E-state index contributed by atoms with van der Waals surface area (Å²) >= 11 is 11.9. The van der Waals surface area contributed by atoms with Gasteiger partial charge < -0.3 is 5.11 Å². The highest BCUT2D eigenvalue weighted by molar-refractivity contribution is 6.35. The molecule has 5 heteroatoms. The molecule has 1 atom stereocenters. The van der Waals surface area contributed by atoms with Crippen molar-refractivity contribution in [3.63, 3.8) is 0 Å². The number of aryl methyl sites for hydroxylation is 1. The standard InChI is InChI=1S/C13H12Cl2N2O/c1-8-6-17-12(7-16-8)13(18)4-9-2-3-10(14)5-11(9)15/h2-3,5-7,13,18H,4H2,1H3. The molecule has 0 aliphatic heterocycles. The van der Waals surface area contributed by atoms with Crippen molar-refractivity contribution < 1.29 is 5.11 Å². The largest absolute Gasteiger partial charge is 0.386 e. The molecule has 0 bridgehead atoms. The fourth-order valence-corrected chi connectivity index (χ4v) is 2.06. The van der Waals surface area contributed by atoms with E-state index in [9.17, 15) is 5.11 Å². The van der Waals surface area contributed by atoms with Crippen molar-refractivity contribution in [1.29, 1.82) is 0 Å². The van der Waals surface area contributed by atoms with Gasteiger partial charge in [0.25, 0.3) is 0 Å². The van der Waals surface area contributed by atoms with Gasteiger partial charge in [0.05, 0.1) is 17.6 Å². The summed E-state index contributed by atoms with van der Waals surface area (Å²) in [6, 6.07) is 5.21. The third-order valence-electron chi connectivity index (χ3n) is 2.57. The van der Waals surface area contributed by atoms with Crippen molar-refractivity contribution in [2.24, 2.45) is 0 Å². The zero-order valence-corrected chi connectivity index (χ0v) is 11.3. The molecule has 0 fully saturated rings. The van der Waals surface area contributed by atoms with Crippen LogP contribution in [-0.2, 0) is 6.42 Å². The Labute approximate surface area is 115 Å². The lowest BCUT2D eigenvalue weighted by Crippen LogP contribution is -2.05. The Morgan fingerprint density at radius 1 is 1.22 bits per heavy atom. The van der Waals surface area contributed by atoms with Crippen molar-refractivity contribution in [2.75, 3.05) is 0 Å². The predicted octanol–water partition coefficient (Wildman–Crippen LogP) is 3.37. The van der Waals surface area contributed by atoms with Gasteiger partial charge in [-0.1, -0.05) is 29.3 Å². The molecule has 94 valence electrons. The summed E-state index contributed by atoms with van der Waals surface area (Å²) in [4.78, 5) is 8.24. The Kier molecular flexibility index (Phi) is 4.17. The minimum atomic E-state index is -0.725. The number of nitrogens with zero attached hydrogens (tertiary/aromatic N) is 2. The van der Waals surface area contributed by atoms with E-state index in [0.29, 0.717) is 22.2 Å². The first kappa shape index (κ1) is 13.3. The average Bonchev–Trinajstić information content (AvgIpc) is 2.33. The quantitative estimate of drug-likeness (QED) is 0.939. The maximum absolute atomic E-state index is 10.1. The summed E-state index contributed by atoms with van der Waals surface area (Å²) in [5, 5.41) is 11.2. The molecule has 0 radical (unpaired) electrons. The molecular weight excluding hydrogens is 271 g/mol. The van der Waals surface area contributed by atoms with E-state index in [2.05, 4.69) is 9.97 Å². The highest BCUT2D eigenvalue weighted by Crippen LogP contribution is 2.25. The van der Waals surface area contributed by atoms with Crippen molar-refractivity contribution in [3.8, 4) is 0 Å². The molecule has 0 saturated heterocycles. The zero-order valence-electron chi connectivity index (χ0n) is 9.77. The average molecular weight is 283 g/mol. The molecule has 0 spiro atoms. The van der Waals surface area contributed by atoms with E-state index in [4.69, 9.17) is 23.2 Å². The highest BCUT2D eigenvalue weighted by Gasteiger charge is 2.12. The van der Waals surface area contributed by atoms with Gasteiger partial charge in [-0.15, -0.1) is 0 Å². The van der Waals surface area contributed by atoms with E-state index < -0.39 is 6.10 Å². The lowest BCUT2D eigenvalue weighted by Gasteiger charge is -2.11. The van der Waals surface area contributed by atoms with Gasteiger partial charge in [0, 0.05) is 22.7 Å². The van der Waals surface area contributed by atoms with Crippen LogP contribution in [0.25, 0.3) is 0 Å². The van der Waals surface area contributed by atoms with Crippen LogP contribution in [0.3, 0.4) is 0 Å². The third kappa shape index (κ3) is 3.19. The van der Waals surface area contributed by atoms with Crippen LogP contribution in [0, 0.1) is 6.92 Å². The molecule has 0 amide bonds. The predicted molar refractivity (Wildman–Crippen MR) is 71.9 cm³/mol. The molecule has 1 N–H and O–H groups in total. The Morgan fingerprint density at radius 3 is 2.61 bits per heavy atom. The van der Waals surface area contributed by atoms with Crippen LogP contribution in [0.1, 0.15) is 23.1 Å². The van der Waals surface area contributed by atoms with Gasteiger partial charge in [0.15, 0.2) is 0 Å². The lowest BCUT2D eigenvalue weighted by molar-refractivity contribution is 0.173. The minimum Gasteiger partial charge on any atom is -0.386 e. The number of benzene rings is 1. The number of aliphatic hydroxyl groups is 1.